The van der Waals surface area contributed by atoms with Crippen LogP contribution in [0, 0.1) is 0 Å². The van der Waals surface area contributed by atoms with Gasteiger partial charge in [-0.2, -0.15) is 0 Å². The van der Waals surface area contributed by atoms with Crippen molar-refractivity contribution >= 4 is 11.5 Å². The smallest absolute Gasteiger partial charge is 0.192 e. The molecular weight excluding hydrogens is 118 g/mol. The first-order valence-corrected chi connectivity index (χ1v) is 2.89. The summed E-state index contributed by atoms with van der Waals surface area (Å²) in [6.07, 6.45) is 1.60. The summed E-state index contributed by atoms with van der Waals surface area (Å²) < 4.78 is 4.69. The van der Waals surface area contributed by atoms with Gasteiger partial charge >= 0.3 is 0 Å². The molecule has 1 aromatic rings. The van der Waals surface area contributed by atoms with E-state index in [2.05, 4.69) is 15.8 Å². The largest absolute Gasteiger partial charge is 0.378 e. The van der Waals surface area contributed by atoms with Gasteiger partial charge in [0.2, 0.25) is 0 Å². The van der Waals surface area contributed by atoms with E-state index in [4.69, 9.17) is 4.52 Å². The summed E-state index contributed by atoms with van der Waals surface area (Å²) in [4.78, 5) is 0. The van der Waals surface area contributed by atoms with Gasteiger partial charge in [-0.15, -0.1) is 0 Å². The van der Waals surface area contributed by atoms with E-state index in [1.54, 1.807) is 6.26 Å². The van der Waals surface area contributed by atoms with Gasteiger partial charge in [0, 0.05) is 13.1 Å². The van der Waals surface area contributed by atoms with Gasteiger partial charge in [-0.25, -0.2) is 0 Å². The molecule has 0 unspecified atom stereocenters. The predicted octanol–water partition coefficient (Wildman–Crippen LogP) is 0.512. The number of aromatic nitrogens is 1. The Labute approximate surface area is 52.2 Å². The second-order valence-corrected chi connectivity index (χ2v) is 1.93. The van der Waals surface area contributed by atoms with Crippen LogP contribution in [0.4, 0.5) is 11.5 Å². The molecule has 2 heterocycles. The minimum atomic E-state index is 0.821. The highest BCUT2D eigenvalue weighted by atomic mass is 16.5. The molecule has 9 heavy (non-hydrogen) atoms. The van der Waals surface area contributed by atoms with Gasteiger partial charge in [-0.05, 0) is 0 Å². The number of anilines is 2. The Hall–Kier alpha value is -1.19. The Morgan fingerprint density at radius 3 is 3.22 bits per heavy atom. The summed E-state index contributed by atoms with van der Waals surface area (Å²) in [7, 11) is 0. The van der Waals surface area contributed by atoms with E-state index in [-0.39, 0.29) is 0 Å². The third-order valence-corrected chi connectivity index (χ3v) is 1.30. The van der Waals surface area contributed by atoms with Crippen LogP contribution >= 0.6 is 0 Å². The zero-order chi connectivity index (χ0) is 6.10. The van der Waals surface area contributed by atoms with Crippen molar-refractivity contribution in [3.8, 4) is 0 Å². The van der Waals surface area contributed by atoms with Gasteiger partial charge in [0.25, 0.3) is 0 Å². The molecule has 1 aliphatic heterocycles. The highest BCUT2D eigenvalue weighted by Crippen LogP contribution is 2.20. The van der Waals surface area contributed by atoms with E-state index in [0.717, 1.165) is 24.6 Å². The molecule has 1 aliphatic rings. The molecule has 0 aliphatic carbocycles. The second kappa shape index (κ2) is 1.65. The molecule has 0 atom stereocenters. The highest BCUT2D eigenvalue weighted by Gasteiger charge is 2.09. The fourth-order valence-corrected chi connectivity index (χ4v) is 0.868. The Bertz CT molecular complexity index is 187. The highest BCUT2D eigenvalue weighted by molar-refractivity contribution is 5.64. The molecule has 1 aromatic heterocycles. The van der Waals surface area contributed by atoms with Crippen LogP contribution in [0.2, 0.25) is 0 Å². The SMILES string of the molecule is c1onc2c1NCCN2. The first-order chi connectivity index (χ1) is 4.47. The number of nitrogens with one attached hydrogen (secondary N) is 2. The average Bonchev–Trinajstić information content (AvgIpc) is 2.33. The van der Waals surface area contributed by atoms with Crippen molar-refractivity contribution in [1.29, 1.82) is 0 Å². The van der Waals surface area contributed by atoms with E-state index in [9.17, 15) is 0 Å². The molecule has 0 fully saturated rings. The van der Waals surface area contributed by atoms with Crippen molar-refractivity contribution in [3.05, 3.63) is 6.26 Å². The summed E-state index contributed by atoms with van der Waals surface area (Å²) in [5.74, 6) is 0.821. The van der Waals surface area contributed by atoms with Gasteiger partial charge in [-0.1, -0.05) is 5.16 Å². The zero-order valence-corrected chi connectivity index (χ0v) is 4.85. The van der Waals surface area contributed by atoms with Crippen molar-refractivity contribution < 1.29 is 4.52 Å². The number of hydrogen-bond acceptors (Lipinski definition) is 4. The third-order valence-electron chi connectivity index (χ3n) is 1.30. The lowest BCUT2D eigenvalue weighted by atomic mass is 10.4. The fraction of sp³-hybridized carbons (Fsp3) is 0.400. The first-order valence-electron chi connectivity index (χ1n) is 2.89. The molecule has 2 rings (SSSR count). The standard InChI is InChI=1S/C5H7N3O/c1-2-7-5-4(6-1)3-9-8-5/h3,6H,1-2H2,(H,7,8). The quantitative estimate of drug-likeness (QED) is 0.530. The summed E-state index contributed by atoms with van der Waals surface area (Å²) in [5.41, 5.74) is 0.959. The van der Waals surface area contributed by atoms with Gasteiger partial charge in [0.15, 0.2) is 5.82 Å². The van der Waals surface area contributed by atoms with Crippen LogP contribution in [0.25, 0.3) is 0 Å². The number of rotatable bonds is 0. The molecule has 2 N–H and O–H groups in total. The van der Waals surface area contributed by atoms with Crippen LogP contribution in [0.5, 0.6) is 0 Å². The first kappa shape index (κ1) is 4.67. The molecule has 4 heteroatoms. The molecule has 0 bridgehead atoms. The topological polar surface area (TPSA) is 50.1 Å². The Morgan fingerprint density at radius 1 is 1.44 bits per heavy atom. The number of nitrogens with zero attached hydrogens (tertiary/aromatic N) is 1. The van der Waals surface area contributed by atoms with Crippen LogP contribution < -0.4 is 10.6 Å². The van der Waals surface area contributed by atoms with E-state index in [1.807, 2.05) is 0 Å². The maximum Gasteiger partial charge on any atom is 0.192 e. The van der Waals surface area contributed by atoms with Crippen LogP contribution in [0.3, 0.4) is 0 Å². The van der Waals surface area contributed by atoms with E-state index in [1.165, 1.54) is 0 Å². The molecular formula is C5H7N3O. The summed E-state index contributed by atoms with van der Waals surface area (Å²) >= 11 is 0. The summed E-state index contributed by atoms with van der Waals surface area (Å²) in [6, 6.07) is 0. The Balaban J connectivity index is 2.39. The van der Waals surface area contributed by atoms with Crippen LogP contribution in [0.15, 0.2) is 10.8 Å². The molecule has 0 radical (unpaired) electrons. The monoisotopic (exact) mass is 125 g/mol. The molecule has 0 spiro atoms. The Morgan fingerprint density at radius 2 is 2.33 bits per heavy atom. The van der Waals surface area contributed by atoms with Crippen molar-refractivity contribution in [1.82, 2.24) is 5.16 Å². The molecule has 4 nitrogen and oxygen atoms in total. The van der Waals surface area contributed by atoms with E-state index >= 15 is 0 Å². The fourth-order valence-electron chi connectivity index (χ4n) is 0.868. The maximum atomic E-state index is 4.69. The van der Waals surface area contributed by atoms with Gasteiger partial charge in [0.1, 0.15) is 12.0 Å². The van der Waals surface area contributed by atoms with Crippen molar-refractivity contribution in [2.24, 2.45) is 0 Å². The summed E-state index contributed by atoms with van der Waals surface area (Å²) in [6.45, 7) is 1.85. The number of fused-ring (bicyclic) bond motifs is 1. The second-order valence-electron chi connectivity index (χ2n) is 1.93. The molecule has 0 amide bonds. The van der Waals surface area contributed by atoms with Gasteiger partial charge in [-0.3, -0.25) is 0 Å². The lowest BCUT2D eigenvalue weighted by Gasteiger charge is -2.11. The minimum Gasteiger partial charge on any atom is -0.378 e. The average molecular weight is 125 g/mol. The number of hydrogen-bond donors (Lipinski definition) is 2. The van der Waals surface area contributed by atoms with Crippen molar-refractivity contribution in [2.75, 3.05) is 23.7 Å². The van der Waals surface area contributed by atoms with E-state index < -0.39 is 0 Å². The van der Waals surface area contributed by atoms with Crippen molar-refractivity contribution in [3.63, 3.8) is 0 Å². The van der Waals surface area contributed by atoms with E-state index in [0.29, 0.717) is 0 Å². The lowest BCUT2D eigenvalue weighted by Crippen LogP contribution is -2.19. The molecule has 0 aromatic carbocycles. The molecule has 0 saturated carbocycles. The molecule has 0 saturated heterocycles. The predicted molar refractivity (Wildman–Crippen MR) is 33.5 cm³/mol. The third kappa shape index (κ3) is 0.630. The van der Waals surface area contributed by atoms with Crippen LogP contribution in [0.1, 0.15) is 0 Å². The van der Waals surface area contributed by atoms with Crippen LogP contribution in [-0.4, -0.2) is 18.2 Å². The molecule has 48 valence electrons. The van der Waals surface area contributed by atoms with Crippen molar-refractivity contribution in [2.45, 2.75) is 0 Å². The Kier molecular flexibility index (Phi) is 0.855. The zero-order valence-electron chi connectivity index (χ0n) is 4.85. The van der Waals surface area contributed by atoms with Gasteiger partial charge < -0.3 is 15.2 Å². The van der Waals surface area contributed by atoms with Gasteiger partial charge in [0.05, 0.1) is 0 Å². The van der Waals surface area contributed by atoms with Crippen LogP contribution in [-0.2, 0) is 0 Å². The normalized spacial score (nSPS) is 15.6. The minimum absolute atomic E-state index is 0.821. The maximum absolute atomic E-state index is 4.69. The lowest BCUT2D eigenvalue weighted by molar-refractivity contribution is 0.423. The summed E-state index contributed by atoms with van der Waals surface area (Å²) in [5, 5.41) is 9.91.